The Morgan fingerprint density at radius 1 is 0.906 bits per heavy atom. The highest BCUT2D eigenvalue weighted by Crippen LogP contribution is 2.25. The van der Waals surface area contributed by atoms with Crippen molar-refractivity contribution >= 4 is 35.4 Å². The monoisotopic (exact) mass is 444 g/mol. The molecule has 0 spiro atoms. The molecule has 1 N–H and O–H groups in total. The van der Waals surface area contributed by atoms with Crippen LogP contribution >= 0.6 is 11.6 Å². The van der Waals surface area contributed by atoms with E-state index in [2.05, 4.69) is 10.5 Å². The second-order valence-electron chi connectivity index (χ2n) is 7.22. The molecule has 0 aliphatic heterocycles. The van der Waals surface area contributed by atoms with Crippen molar-refractivity contribution in [2.45, 2.75) is 13.8 Å². The van der Waals surface area contributed by atoms with Gasteiger partial charge in [-0.2, -0.15) is 5.10 Å². The molecule has 0 aromatic heterocycles. The van der Waals surface area contributed by atoms with Crippen LogP contribution in [-0.2, 0) is 4.79 Å². The highest BCUT2D eigenvalue weighted by Gasteiger charge is 2.06. The molecule has 1 amide bonds. The number of nitrogens with one attached hydrogen (secondary N) is 1. The summed E-state index contributed by atoms with van der Waals surface area (Å²) in [6.45, 7) is 3.65. The normalized spacial score (nSPS) is 11.0. The number of carbonyl (C=O) groups excluding carboxylic acids is 1. The summed E-state index contributed by atoms with van der Waals surface area (Å²) < 4.78 is 5.60. The second-order valence-corrected chi connectivity index (χ2v) is 7.60. The fraction of sp³-hybridized carbons (Fsp3) is 0.111. The van der Waals surface area contributed by atoms with Crippen LogP contribution in [0.5, 0.6) is 5.75 Å². The predicted molar refractivity (Wildman–Crippen MR) is 133 cm³/mol. The first-order chi connectivity index (χ1) is 15.5. The number of halogens is 1. The lowest BCUT2D eigenvalue weighted by Gasteiger charge is -2.09. The van der Waals surface area contributed by atoms with Crippen LogP contribution in [0.2, 0.25) is 5.02 Å². The minimum absolute atomic E-state index is 0.151. The van der Waals surface area contributed by atoms with Crippen molar-refractivity contribution in [3.63, 3.8) is 0 Å². The lowest BCUT2D eigenvalue weighted by atomic mass is 10.1. The fourth-order valence-electron chi connectivity index (χ4n) is 2.92. The van der Waals surface area contributed by atoms with Gasteiger partial charge in [0.15, 0.2) is 6.61 Å². The van der Waals surface area contributed by atoms with E-state index < -0.39 is 0 Å². The van der Waals surface area contributed by atoms with Gasteiger partial charge in [0, 0.05) is 5.02 Å². The Morgan fingerprint density at radius 3 is 1.91 bits per heavy atom. The number of carbonyl (C=O) groups is 1. The van der Waals surface area contributed by atoms with Crippen LogP contribution in [0.1, 0.15) is 22.3 Å². The predicted octanol–water partition coefficient (Wildman–Crippen LogP) is 6.23. The van der Waals surface area contributed by atoms with Crippen LogP contribution in [0.4, 0.5) is 0 Å². The summed E-state index contributed by atoms with van der Waals surface area (Å²) in [5.41, 5.74) is 7.04. The average Bonchev–Trinajstić information content (AvgIpc) is 2.82. The van der Waals surface area contributed by atoms with Gasteiger partial charge in [-0.25, -0.2) is 5.43 Å². The first-order valence-corrected chi connectivity index (χ1v) is 10.6. The van der Waals surface area contributed by atoms with Gasteiger partial charge in [0.2, 0.25) is 0 Å². The van der Waals surface area contributed by atoms with Gasteiger partial charge >= 0.3 is 0 Å². The van der Waals surface area contributed by atoms with Crippen molar-refractivity contribution < 1.29 is 9.53 Å². The molecule has 0 atom stereocenters. The molecule has 0 radical (unpaired) electrons. The molecule has 0 bridgehead atoms. The van der Waals surface area contributed by atoms with E-state index in [1.807, 2.05) is 111 Å². The van der Waals surface area contributed by atoms with Crippen LogP contribution in [0.3, 0.4) is 0 Å². The smallest absolute Gasteiger partial charge is 0.277 e. The molecule has 162 valence electrons. The Bertz CT molecular complexity index is 1060. The van der Waals surface area contributed by atoms with E-state index in [1.165, 1.54) is 0 Å². The van der Waals surface area contributed by atoms with E-state index in [0.717, 1.165) is 22.3 Å². The lowest BCUT2D eigenvalue weighted by molar-refractivity contribution is -0.123. The van der Waals surface area contributed by atoms with Crippen molar-refractivity contribution in [2.75, 3.05) is 6.61 Å². The third-order valence-electron chi connectivity index (χ3n) is 4.58. The minimum Gasteiger partial charge on any atom is -0.484 e. The van der Waals surface area contributed by atoms with E-state index in [9.17, 15) is 4.79 Å². The quantitative estimate of drug-likeness (QED) is 0.330. The van der Waals surface area contributed by atoms with E-state index in [4.69, 9.17) is 16.3 Å². The molecule has 3 rings (SSSR count). The lowest BCUT2D eigenvalue weighted by Crippen LogP contribution is -2.25. The van der Waals surface area contributed by atoms with Gasteiger partial charge in [0.05, 0.1) is 5.71 Å². The number of ether oxygens (including phenoxy) is 1. The Morgan fingerprint density at radius 2 is 1.41 bits per heavy atom. The Balaban J connectivity index is 1.67. The molecule has 3 aromatic carbocycles. The first kappa shape index (κ1) is 23.0. The van der Waals surface area contributed by atoms with Crippen LogP contribution in [0.15, 0.2) is 90.0 Å². The van der Waals surface area contributed by atoms with Crippen molar-refractivity contribution in [3.05, 3.63) is 112 Å². The summed E-state index contributed by atoms with van der Waals surface area (Å²) >= 11 is 6.18. The number of rotatable bonds is 8. The first-order valence-electron chi connectivity index (χ1n) is 10.2. The number of benzene rings is 3. The second kappa shape index (κ2) is 11.7. The number of nitrogens with zero attached hydrogens (tertiary/aromatic N) is 1. The standard InChI is InChI=1S/C27H25ClN2O2/c1-20-17-25(18-21(2)27(20)28)32-19-26(31)30-29-24(15-13-22-9-5-3-6-10-22)16-14-23-11-7-4-8-12-23/h3-18H,19H2,1-2H3,(H,30,31). The molecule has 0 saturated carbocycles. The number of hydrazone groups is 1. The Labute approximate surface area is 193 Å². The number of allylic oxidation sites excluding steroid dienone is 2. The van der Waals surface area contributed by atoms with Crippen molar-refractivity contribution in [2.24, 2.45) is 5.10 Å². The van der Waals surface area contributed by atoms with Gasteiger partial charge in [-0.3, -0.25) is 4.79 Å². The molecular formula is C27H25ClN2O2. The molecule has 0 saturated heterocycles. The van der Waals surface area contributed by atoms with Crippen molar-refractivity contribution in [1.29, 1.82) is 0 Å². The average molecular weight is 445 g/mol. The van der Waals surface area contributed by atoms with Crippen LogP contribution < -0.4 is 10.2 Å². The third-order valence-corrected chi connectivity index (χ3v) is 5.18. The van der Waals surface area contributed by atoms with E-state index in [1.54, 1.807) is 0 Å². The maximum Gasteiger partial charge on any atom is 0.277 e. The zero-order chi connectivity index (χ0) is 22.8. The van der Waals surface area contributed by atoms with Crippen molar-refractivity contribution in [1.82, 2.24) is 5.43 Å². The Kier molecular flexibility index (Phi) is 8.41. The van der Waals surface area contributed by atoms with Crippen LogP contribution in [0.25, 0.3) is 12.2 Å². The molecule has 0 unspecified atom stereocenters. The summed E-state index contributed by atoms with van der Waals surface area (Å²) in [6, 6.07) is 23.4. The molecule has 32 heavy (non-hydrogen) atoms. The molecule has 0 aliphatic rings. The zero-order valence-corrected chi connectivity index (χ0v) is 18.8. The number of hydrogen-bond acceptors (Lipinski definition) is 3. The number of aryl methyl sites for hydroxylation is 2. The SMILES string of the molecule is Cc1cc(OCC(=O)NN=C(C=Cc2ccccc2)C=Cc2ccccc2)cc(C)c1Cl. The maximum atomic E-state index is 12.3. The van der Waals surface area contributed by atoms with Crippen LogP contribution in [0, 0.1) is 13.8 Å². The zero-order valence-electron chi connectivity index (χ0n) is 18.1. The van der Waals surface area contributed by atoms with E-state index in [0.29, 0.717) is 16.5 Å². The summed E-state index contributed by atoms with van der Waals surface area (Å²) in [7, 11) is 0. The molecule has 0 heterocycles. The minimum atomic E-state index is -0.353. The van der Waals surface area contributed by atoms with Gasteiger partial charge in [-0.1, -0.05) is 84.4 Å². The van der Waals surface area contributed by atoms with E-state index >= 15 is 0 Å². The summed E-state index contributed by atoms with van der Waals surface area (Å²) in [4.78, 5) is 12.3. The van der Waals surface area contributed by atoms with Gasteiger partial charge in [-0.05, 0) is 60.4 Å². The highest BCUT2D eigenvalue weighted by atomic mass is 35.5. The fourth-order valence-corrected chi connectivity index (χ4v) is 3.03. The topological polar surface area (TPSA) is 50.7 Å². The molecule has 0 fully saturated rings. The van der Waals surface area contributed by atoms with Crippen LogP contribution in [-0.4, -0.2) is 18.2 Å². The molecular weight excluding hydrogens is 420 g/mol. The third kappa shape index (κ3) is 7.25. The maximum absolute atomic E-state index is 12.3. The number of amides is 1. The highest BCUT2D eigenvalue weighted by molar-refractivity contribution is 6.32. The summed E-state index contributed by atoms with van der Waals surface area (Å²) in [6.07, 6.45) is 7.58. The van der Waals surface area contributed by atoms with Gasteiger partial charge in [0.25, 0.3) is 5.91 Å². The van der Waals surface area contributed by atoms with Gasteiger partial charge < -0.3 is 4.74 Å². The Hall–Kier alpha value is -3.63. The molecule has 5 heteroatoms. The summed E-state index contributed by atoms with van der Waals surface area (Å²) in [5, 5.41) is 4.96. The molecule has 0 aliphatic carbocycles. The largest absolute Gasteiger partial charge is 0.484 e. The van der Waals surface area contributed by atoms with Crippen molar-refractivity contribution in [3.8, 4) is 5.75 Å². The molecule has 4 nitrogen and oxygen atoms in total. The summed E-state index contributed by atoms with van der Waals surface area (Å²) in [5.74, 6) is 0.241. The molecule has 3 aromatic rings. The van der Waals surface area contributed by atoms with E-state index in [-0.39, 0.29) is 12.5 Å². The van der Waals surface area contributed by atoms with Gasteiger partial charge in [0.1, 0.15) is 5.75 Å². The van der Waals surface area contributed by atoms with Gasteiger partial charge in [-0.15, -0.1) is 0 Å². The number of hydrogen-bond donors (Lipinski definition) is 1.